The Bertz CT molecular complexity index is 2090. The van der Waals surface area contributed by atoms with Crippen LogP contribution in [0.15, 0.2) is 136 Å². The molecular formula is C34H22ClN3O3S. The lowest BCUT2D eigenvalue weighted by Crippen LogP contribution is -2.02. The highest BCUT2D eigenvalue weighted by atomic mass is 35.5. The quantitative estimate of drug-likeness (QED) is 0.105. The van der Waals surface area contributed by atoms with Crippen molar-refractivity contribution in [2.24, 2.45) is 0 Å². The van der Waals surface area contributed by atoms with Crippen LogP contribution in [0.3, 0.4) is 0 Å². The number of nitrogens with zero attached hydrogens (tertiary/aromatic N) is 3. The van der Waals surface area contributed by atoms with Crippen molar-refractivity contribution in [1.82, 2.24) is 14.8 Å². The van der Waals surface area contributed by atoms with Gasteiger partial charge in [0.1, 0.15) is 17.1 Å². The first-order valence-corrected chi connectivity index (χ1v) is 14.6. The van der Waals surface area contributed by atoms with Gasteiger partial charge >= 0.3 is 5.63 Å². The van der Waals surface area contributed by atoms with Crippen LogP contribution in [0.1, 0.15) is 5.56 Å². The van der Waals surface area contributed by atoms with Crippen molar-refractivity contribution >= 4 is 45.1 Å². The first kappa shape index (κ1) is 26.1. The minimum atomic E-state index is -0.384. The molecule has 7 aromatic rings. The normalized spacial score (nSPS) is 11.3. The van der Waals surface area contributed by atoms with E-state index < -0.39 is 0 Å². The van der Waals surface area contributed by atoms with Gasteiger partial charge in [0, 0.05) is 33.5 Å². The van der Waals surface area contributed by atoms with E-state index in [4.69, 9.17) is 20.8 Å². The lowest BCUT2D eigenvalue weighted by Gasteiger charge is -2.13. The third kappa shape index (κ3) is 5.16. The van der Waals surface area contributed by atoms with Gasteiger partial charge in [-0.2, -0.15) is 0 Å². The van der Waals surface area contributed by atoms with Crippen LogP contribution in [0, 0.1) is 0 Å². The second-order valence-corrected chi connectivity index (χ2v) is 11.0. The average molecular weight is 588 g/mol. The molecule has 2 aromatic heterocycles. The Morgan fingerprint density at radius 2 is 1.52 bits per heavy atom. The highest BCUT2D eigenvalue weighted by Crippen LogP contribution is 2.34. The number of hydrogen-bond acceptors (Lipinski definition) is 6. The first-order chi connectivity index (χ1) is 20.6. The minimum absolute atomic E-state index is 0.384. The standard InChI is InChI=1S/C34H22ClN3O3S/c35-25-13-10-23(11-14-25)33-36-37-34(38(33)26-15-17-28(18-16-26)40-27-7-2-1-3-8-27)42-21-24-20-31(39)41-30-19-12-22-6-4-5-9-29(22)32(24)30/h1-20H,21H2. The summed E-state index contributed by atoms with van der Waals surface area (Å²) in [7, 11) is 0. The van der Waals surface area contributed by atoms with E-state index in [9.17, 15) is 4.79 Å². The molecule has 7 rings (SSSR count). The smallest absolute Gasteiger partial charge is 0.336 e. The van der Waals surface area contributed by atoms with E-state index in [1.807, 2.05) is 114 Å². The highest BCUT2D eigenvalue weighted by Gasteiger charge is 2.18. The number of benzene rings is 5. The Kier molecular flexibility index (Phi) is 6.95. The summed E-state index contributed by atoms with van der Waals surface area (Å²) in [6.07, 6.45) is 0. The van der Waals surface area contributed by atoms with Gasteiger partial charge in [-0.1, -0.05) is 71.9 Å². The number of halogens is 1. The molecule has 0 aliphatic rings. The number of hydrogen-bond donors (Lipinski definition) is 0. The molecule has 0 unspecified atom stereocenters. The maximum Gasteiger partial charge on any atom is 0.336 e. The van der Waals surface area contributed by atoms with Gasteiger partial charge in [-0.15, -0.1) is 10.2 Å². The lowest BCUT2D eigenvalue weighted by atomic mass is 10.0. The second-order valence-electron chi connectivity index (χ2n) is 9.60. The number of aromatic nitrogens is 3. The third-order valence-corrected chi connectivity index (χ3v) is 8.11. The van der Waals surface area contributed by atoms with Crippen molar-refractivity contribution in [1.29, 1.82) is 0 Å². The fourth-order valence-electron chi connectivity index (χ4n) is 4.95. The summed E-state index contributed by atoms with van der Waals surface area (Å²) in [6, 6.07) is 38.4. The SMILES string of the molecule is O=c1cc(CSc2nnc(-c3ccc(Cl)cc3)n2-c2ccc(Oc3ccccc3)cc2)c2c(ccc3ccccc32)o1. The molecule has 0 atom stereocenters. The molecule has 0 aliphatic heterocycles. The largest absolute Gasteiger partial charge is 0.457 e. The first-order valence-electron chi connectivity index (χ1n) is 13.2. The van der Waals surface area contributed by atoms with E-state index >= 15 is 0 Å². The van der Waals surface area contributed by atoms with Crippen LogP contribution in [0.4, 0.5) is 0 Å². The summed E-state index contributed by atoms with van der Waals surface area (Å²) in [4.78, 5) is 12.5. The Labute approximate surface area is 250 Å². The molecule has 6 nitrogen and oxygen atoms in total. The van der Waals surface area contributed by atoms with Crippen LogP contribution in [0.5, 0.6) is 11.5 Å². The molecule has 0 spiro atoms. The van der Waals surface area contributed by atoms with Crippen molar-refractivity contribution in [3.63, 3.8) is 0 Å². The van der Waals surface area contributed by atoms with Gasteiger partial charge < -0.3 is 9.15 Å². The molecular weight excluding hydrogens is 566 g/mol. The van der Waals surface area contributed by atoms with Crippen LogP contribution in [0.25, 0.3) is 38.8 Å². The summed E-state index contributed by atoms with van der Waals surface area (Å²) in [6.45, 7) is 0. The van der Waals surface area contributed by atoms with E-state index in [0.717, 1.165) is 44.5 Å². The van der Waals surface area contributed by atoms with Crippen molar-refractivity contribution < 1.29 is 9.15 Å². The topological polar surface area (TPSA) is 70.2 Å². The maximum absolute atomic E-state index is 12.5. The molecule has 0 aliphatic carbocycles. The molecule has 0 N–H and O–H groups in total. The fourth-order valence-corrected chi connectivity index (χ4v) is 6.00. The Morgan fingerprint density at radius 1 is 0.786 bits per heavy atom. The van der Waals surface area contributed by atoms with Crippen molar-refractivity contribution in [2.75, 3.05) is 0 Å². The number of para-hydroxylation sites is 1. The average Bonchev–Trinajstić information content (AvgIpc) is 3.44. The minimum Gasteiger partial charge on any atom is -0.457 e. The number of ether oxygens (including phenoxy) is 1. The van der Waals surface area contributed by atoms with Gasteiger partial charge in [0.05, 0.1) is 0 Å². The lowest BCUT2D eigenvalue weighted by molar-refractivity contribution is 0.482. The van der Waals surface area contributed by atoms with Crippen LogP contribution >= 0.6 is 23.4 Å². The molecule has 5 aromatic carbocycles. The second kappa shape index (κ2) is 11.2. The van der Waals surface area contributed by atoms with Crippen LogP contribution < -0.4 is 10.4 Å². The molecule has 0 radical (unpaired) electrons. The molecule has 8 heteroatoms. The summed E-state index contributed by atoms with van der Waals surface area (Å²) >= 11 is 7.67. The summed E-state index contributed by atoms with van der Waals surface area (Å²) in [5.41, 5.74) is 2.80. The van der Waals surface area contributed by atoms with Crippen molar-refractivity contribution in [3.8, 4) is 28.6 Å². The molecule has 0 fully saturated rings. The molecule has 42 heavy (non-hydrogen) atoms. The predicted octanol–water partition coefficient (Wildman–Crippen LogP) is 8.93. The van der Waals surface area contributed by atoms with Crippen molar-refractivity contribution in [3.05, 3.63) is 142 Å². The Balaban J connectivity index is 1.28. The van der Waals surface area contributed by atoms with Crippen LogP contribution in [0.2, 0.25) is 5.02 Å². The van der Waals surface area contributed by atoms with Gasteiger partial charge in [0.15, 0.2) is 11.0 Å². The van der Waals surface area contributed by atoms with E-state index in [0.29, 0.717) is 27.3 Å². The van der Waals surface area contributed by atoms with Gasteiger partial charge in [0.25, 0.3) is 0 Å². The molecule has 204 valence electrons. The zero-order chi connectivity index (χ0) is 28.5. The highest BCUT2D eigenvalue weighted by molar-refractivity contribution is 7.98. The Morgan fingerprint density at radius 3 is 2.33 bits per heavy atom. The zero-order valence-corrected chi connectivity index (χ0v) is 23.7. The third-order valence-electron chi connectivity index (χ3n) is 6.88. The molecule has 0 saturated heterocycles. The zero-order valence-electron chi connectivity index (χ0n) is 22.1. The van der Waals surface area contributed by atoms with E-state index in [2.05, 4.69) is 16.3 Å². The molecule has 2 heterocycles. The van der Waals surface area contributed by atoms with Gasteiger partial charge in [-0.25, -0.2) is 4.79 Å². The van der Waals surface area contributed by atoms with E-state index in [1.165, 1.54) is 11.8 Å². The van der Waals surface area contributed by atoms with Crippen molar-refractivity contribution in [2.45, 2.75) is 10.9 Å². The Hall–Kier alpha value is -4.85. The summed E-state index contributed by atoms with van der Waals surface area (Å²) < 4.78 is 13.6. The fraction of sp³-hybridized carbons (Fsp3) is 0.0294. The number of thioether (sulfide) groups is 1. The van der Waals surface area contributed by atoms with E-state index in [-0.39, 0.29) is 5.63 Å². The molecule has 0 amide bonds. The van der Waals surface area contributed by atoms with Crippen LogP contribution in [-0.4, -0.2) is 14.8 Å². The summed E-state index contributed by atoms with van der Waals surface area (Å²) in [5, 5.41) is 13.5. The summed E-state index contributed by atoms with van der Waals surface area (Å²) in [5.74, 6) is 2.65. The van der Waals surface area contributed by atoms with Gasteiger partial charge in [0.2, 0.25) is 0 Å². The van der Waals surface area contributed by atoms with E-state index in [1.54, 1.807) is 6.07 Å². The monoisotopic (exact) mass is 587 g/mol. The van der Waals surface area contributed by atoms with Gasteiger partial charge in [-0.3, -0.25) is 4.57 Å². The van der Waals surface area contributed by atoms with Gasteiger partial charge in [-0.05, 0) is 83.1 Å². The maximum atomic E-state index is 12.5. The van der Waals surface area contributed by atoms with Crippen LogP contribution in [-0.2, 0) is 5.75 Å². The number of rotatable bonds is 7. The molecule has 0 bridgehead atoms. The predicted molar refractivity (Wildman–Crippen MR) is 168 cm³/mol. The number of fused-ring (bicyclic) bond motifs is 3. The molecule has 0 saturated carbocycles.